The lowest BCUT2D eigenvalue weighted by atomic mass is 10.2. The first kappa shape index (κ1) is 12.5. The average Bonchev–Trinajstić information content (AvgIpc) is 3.11. The molecule has 102 valence electrons. The van der Waals surface area contributed by atoms with E-state index >= 15 is 0 Å². The zero-order valence-electron chi connectivity index (χ0n) is 11.0. The molecular weight excluding hydrogens is 252 g/mol. The zero-order valence-corrected chi connectivity index (χ0v) is 11.0. The van der Waals surface area contributed by atoms with Gasteiger partial charge in [-0.15, -0.1) is 0 Å². The third kappa shape index (κ3) is 2.88. The van der Waals surface area contributed by atoms with Gasteiger partial charge < -0.3 is 15.3 Å². The molecule has 3 rings (SSSR count). The number of benzene rings is 1. The van der Waals surface area contributed by atoms with Gasteiger partial charge in [0, 0.05) is 31.8 Å². The number of hydrogen-bond donors (Lipinski definition) is 3. The molecule has 3 N–H and O–H groups in total. The summed E-state index contributed by atoms with van der Waals surface area (Å²) in [7, 11) is 0. The highest BCUT2D eigenvalue weighted by Gasteiger charge is 2.06. The Labute approximate surface area is 116 Å². The smallest absolute Gasteiger partial charge is 0.220 e. The van der Waals surface area contributed by atoms with Crippen molar-refractivity contribution < 1.29 is 4.79 Å². The highest BCUT2D eigenvalue weighted by Crippen LogP contribution is 2.11. The first-order valence-electron chi connectivity index (χ1n) is 6.63. The summed E-state index contributed by atoms with van der Waals surface area (Å²) in [6.45, 7) is 0.558. The number of aromatic nitrogens is 3. The molecule has 0 saturated carbocycles. The average molecular weight is 268 g/mol. The van der Waals surface area contributed by atoms with Gasteiger partial charge in [0.05, 0.1) is 11.0 Å². The van der Waals surface area contributed by atoms with Gasteiger partial charge in [-0.1, -0.05) is 12.1 Å². The van der Waals surface area contributed by atoms with E-state index < -0.39 is 0 Å². The number of hydrogen-bond acceptors (Lipinski definition) is 2. The van der Waals surface area contributed by atoms with Crippen LogP contribution in [0.15, 0.2) is 42.7 Å². The van der Waals surface area contributed by atoms with Crippen LogP contribution in [0.25, 0.3) is 11.0 Å². The topological polar surface area (TPSA) is 73.6 Å². The summed E-state index contributed by atoms with van der Waals surface area (Å²) in [5.74, 6) is 0.884. The molecule has 20 heavy (non-hydrogen) atoms. The molecule has 1 amide bonds. The number of rotatable bonds is 5. The zero-order chi connectivity index (χ0) is 13.8. The van der Waals surface area contributed by atoms with Crippen molar-refractivity contribution >= 4 is 16.9 Å². The van der Waals surface area contributed by atoms with Crippen LogP contribution in [0, 0.1) is 0 Å². The third-order valence-electron chi connectivity index (χ3n) is 3.18. The monoisotopic (exact) mass is 268 g/mol. The van der Waals surface area contributed by atoms with Gasteiger partial charge in [-0.05, 0) is 23.8 Å². The first-order valence-corrected chi connectivity index (χ1v) is 6.63. The quantitative estimate of drug-likeness (QED) is 0.663. The number of imidazole rings is 1. The van der Waals surface area contributed by atoms with Crippen molar-refractivity contribution in [2.75, 3.05) is 0 Å². The van der Waals surface area contributed by atoms with Crippen LogP contribution in [0.5, 0.6) is 0 Å². The molecule has 0 aliphatic heterocycles. The Morgan fingerprint density at radius 2 is 2.15 bits per heavy atom. The molecule has 0 atom stereocenters. The summed E-state index contributed by atoms with van der Waals surface area (Å²) in [6, 6.07) is 9.81. The van der Waals surface area contributed by atoms with E-state index in [0.29, 0.717) is 19.4 Å². The summed E-state index contributed by atoms with van der Waals surface area (Å²) in [5.41, 5.74) is 3.02. The second-order valence-corrected chi connectivity index (χ2v) is 4.70. The maximum atomic E-state index is 11.8. The van der Waals surface area contributed by atoms with Crippen molar-refractivity contribution in [1.82, 2.24) is 20.3 Å². The molecule has 0 aliphatic rings. The first-order chi connectivity index (χ1) is 9.81. The van der Waals surface area contributed by atoms with E-state index in [1.807, 2.05) is 42.7 Å². The molecule has 2 aromatic heterocycles. The fourth-order valence-electron chi connectivity index (χ4n) is 2.11. The maximum absolute atomic E-state index is 11.8. The molecule has 1 aromatic carbocycles. The highest BCUT2D eigenvalue weighted by molar-refractivity contribution is 5.77. The van der Waals surface area contributed by atoms with Crippen molar-refractivity contribution in [3.8, 4) is 0 Å². The van der Waals surface area contributed by atoms with Crippen molar-refractivity contribution in [2.24, 2.45) is 0 Å². The van der Waals surface area contributed by atoms with Crippen LogP contribution in [-0.4, -0.2) is 20.9 Å². The normalized spacial score (nSPS) is 10.8. The molecule has 0 bridgehead atoms. The highest BCUT2D eigenvalue weighted by atomic mass is 16.1. The molecule has 5 nitrogen and oxygen atoms in total. The van der Waals surface area contributed by atoms with Gasteiger partial charge in [-0.2, -0.15) is 0 Å². The number of H-pyrrole nitrogens is 2. The summed E-state index contributed by atoms with van der Waals surface area (Å²) in [6.07, 6.45) is 4.77. The lowest BCUT2D eigenvalue weighted by Gasteiger charge is -2.02. The van der Waals surface area contributed by atoms with E-state index in [2.05, 4.69) is 20.3 Å². The second kappa shape index (κ2) is 5.61. The van der Waals surface area contributed by atoms with Gasteiger partial charge in [-0.3, -0.25) is 4.79 Å². The van der Waals surface area contributed by atoms with Crippen LogP contribution in [0.4, 0.5) is 0 Å². The minimum atomic E-state index is 0.0339. The standard InChI is InChI=1S/C15H16N4O/c20-15(17-10-11-7-8-16-9-11)6-5-14-18-12-3-1-2-4-13(12)19-14/h1-4,7-9,16H,5-6,10H2,(H,17,20)(H,18,19). The second-order valence-electron chi connectivity index (χ2n) is 4.70. The van der Waals surface area contributed by atoms with Crippen molar-refractivity contribution in [1.29, 1.82) is 0 Å². The Hall–Kier alpha value is -2.56. The van der Waals surface area contributed by atoms with Crippen LogP contribution < -0.4 is 5.32 Å². The van der Waals surface area contributed by atoms with Crippen molar-refractivity contribution in [3.63, 3.8) is 0 Å². The lowest BCUT2D eigenvalue weighted by Crippen LogP contribution is -2.22. The molecule has 3 aromatic rings. The lowest BCUT2D eigenvalue weighted by molar-refractivity contribution is -0.121. The Morgan fingerprint density at radius 1 is 1.25 bits per heavy atom. The number of carbonyl (C=O) groups is 1. The Kier molecular flexibility index (Phi) is 3.50. The molecule has 0 aliphatic carbocycles. The number of aromatic amines is 2. The van der Waals surface area contributed by atoms with E-state index in [0.717, 1.165) is 22.4 Å². The fourth-order valence-corrected chi connectivity index (χ4v) is 2.11. The van der Waals surface area contributed by atoms with Gasteiger partial charge in [0.25, 0.3) is 0 Å². The SMILES string of the molecule is O=C(CCc1nc2ccccc2[nH]1)NCc1cc[nH]c1. The Balaban J connectivity index is 1.52. The minimum absolute atomic E-state index is 0.0339. The van der Waals surface area contributed by atoms with Crippen molar-refractivity contribution in [2.45, 2.75) is 19.4 Å². The van der Waals surface area contributed by atoms with Gasteiger partial charge in [-0.25, -0.2) is 4.98 Å². The van der Waals surface area contributed by atoms with Gasteiger partial charge in [0.1, 0.15) is 5.82 Å². The number of fused-ring (bicyclic) bond motifs is 1. The van der Waals surface area contributed by atoms with Gasteiger partial charge in [0.2, 0.25) is 5.91 Å². The molecule has 0 spiro atoms. The van der Waals surface area contributed by atoms with E-state index in [9.17, 15) is 4.79 Å². The van der Waals surface area contributed by atoms with E-state index in [1.54, 1.807) is 0 Å². The Morgan fingerprint density at radius 3 is 2.95 bits per heavy atom. The molecule has 0 fully saturated rings. The molecule has 0 unspecified atom stereocenters. The molecule has 5 heteroatoms. The van der Waals surface area contributed by atoms with Crippen LogP contribution >= 0.6 is 0 Å². The summed E-state index contributed by atoms with van der Waals surface area (Å²) < 4.78 is 0. The van der Waals surface area contributed by atoms with E-state index in [-0.39, 0.29) is 5.91 Å². The summed E-state index contributed by atoms with van der Waals surface area (Å²) >= 11 is 0. The predicted molar refractivity (Wildman–Crippen MR) is 77.1 cm³/mol. The van der Waals surface area contributed by atoms with Crippen LogP contribution in [0.1, 0.15) is 17.8 Å². The minimum Gasteiger partial charge on any atom is -0.367 e. The molecular formula is C15H16N4O. The molecule has 0 saturated heterocycles. The van der Waals surface area contributed by atoms with Crippen LogP contribution in [0.3, 0.4) is 0 Å². The number of nitrogens with one attached hydrogen (secondary N) is 3. The number of nitrogens with zero attached hydrogens (tertiary/aromatic N) is 1. The predicted octanol–water partition coefficient (Wildman–Crippen LogP) is 2.14. The number of amides is 1. The fraction of sp³-hybridized carbons (Fsp3) is 0.200. The van der Waals surface area contributed by atoms with Crippen LogP contribution in [-0.2, 0) is 17.8 Å². The number of para-hydroxylation sites is 2. The van der Waals surface area contributed by atoms with E-state index in [1.165, 1.54) is 0 Å². The maximum Gasteiger partial charge on any atom is 0.220 e. The molecule has 2 heterocycles. The summed E-state index contributed by atoms with van der Waals surface area (Å²) in [4.78, 5) is 22.4. The Bertz CT molecular complexity index is 667. The molecule has 0 radical (unpaired) electrons. The van der Waals surface area contributed by atoms with Crippen molar-refractivity contribution in [3.05, 3.63) is 54.1 Å². The van der Waals surface area contributed by atoms with E-state index in [4.69, 9.17) is 0 Å². The van der Waals surface area contributed by atoms with Crippen LogP contribution in [0.2, 0.25) is 0 Å². The van der Waals surface area contributed by atoms with Gasteiger partial charge >= 0.3 is 0 Å². The largest absolute Gasteiger partial charge is 0.367 e. The summed E-state index contributed by atoms with van der Waals surface area (Å²) in [5, 5.41) is 2.89. The number of aryl methyl sites for hydroxylation is 1. The number of carbonyl (C=O) groups excluding carboxylic acids is 1. The third-order valence-corrected chi connectivity index (χ3v) is 3.18. The van der Waals surface area contributed by atoms with Gasteiger partial charge in [0.15, 0.2) is 0 Å².